The highest BCUT2D eigenvalue weighted by molar-refractivity contribution is 5.48. The number of aliphatic hydroxyl groups is 1. The summed E-state index contributed by atoms with van der Waals surface area (Å²) in [6, 6.07) is 11.6. The van der Waals surface area contributed by atoms with E-state index in [0.717, 1.165) is 22.5 Å². The molecule has 0 saturated heterocycles. The molecule has 20 heavy (non-hydrogen) atoms. The lowest BCUT2D eigenvalue weighted by Gasteiger charge is -2.09. The number of aromatic nitrogens is 2. The van der Waals surface area contributed by atoms with Crippen molar-refractivity contribution in [2.45, 2.75) is 20.5 Å². The van der Waals surface area contributed by atoms with Crippen LogP contribution in [-0.4, -0.2) is 14.5 Å². The highest BCUT2D eigenvalue weighted by Crippen LogP contribution is 2.29. The zero-order valence-electron chi connectivity index (χ0n) is 11.5. The van der Waals surface area contributed by atoms with Crippen LogP contribution in [-0.2, 0) is 6.61 Å². The molecule has 0 atom stereocenters. The predicted molar refractivity (Wildman–Crippen MR) is 77.1 cm³/mol. The van der Waals surface area contributed by atoms with E-state index in [4.69, 9.17) is 4.74 Å². The van der Waals surface area contributed by atoms with Gasteiger partial charge in [0.05, 0.1) is 6.61 Å². The van der Waals surface area contributed by atoms with Crippen LogP contribution in [0.4, 0.5) is 0 Å². The minimum atomic E-state index is -0.120. The van der Waals surface area contributed by atoms with Gasteiger partial charge in [0.25, 0.3) is 0 Å². The number of pyridine rings is 1. The minimum Gasteiger partial charge on any atom is -0.437 e. The maximum absolute atomic E-state index is 9.57. The molecule has 4 heteroatoms. The first-order valence-electron chi connectivity index (χ1n) is 6.51. The zero-order valence-corrected chi connectivity index (χ0v) is 11.5. The van der Waals surface area contributed by atoms with E-state index < -0.39 is 0 Å². The molecule has 1 N–H and O–H groups in total. The topological polar surface area (TPSA) is 46.8 Å². The van der Waals surface area contributed by atoms with Crippen molar-refractivity contribution in [2.24, 2.45) is 0 Å². The molecule has 0 fully saturated rings. The average molecular weight is 268 g/mol. The van der Waals surface area contributed by atoms with Crippen LogP contribution in [0.25, 0.3) is 5.65 Å². The molecule has 2 heterocycles. The lowest BCUT2D eigenvalue weighted by atomic mass is 10.1. The molecular formula is C16H16N2O2. The van der Waals surface area contributed by atoms with Gasteiger partial charge in [-0.2, -0.15) is 4.98 Å². The second-order valence-electron chi connectivity index (χ2n) is 4.75. The lowest BCUT2D eigenvalue weighted by Crippen LogP contribution is -1.96. The molecule has 102 valence electrons. The Kier molecular flexibility index (Phi) is 3.16. The highest BCUT2D eigenvalue weighted by atomic mass is 16.5. The van der Waals surface area contributed by atoms with Crippen LogP contribution >= 0.6 is 0 Å². The Labute approximate surface area is 117 Å². The molecule has 0 aliphatic heterocycles. The van der Waals surface area contributed by atoms with Gasteiger partial charge in [-0.05, 0) is 43.2 Å². The molecular weight excluding hydrogens is 252 g/mol. The number of rotatable bonds is 3. The molecule has 0 amide bonds. The predicted octanol–water partition coefficient (Wildman–Crippen LogP) is 3.24. The fourth-order valence-electron chi connectivity index (χ4n) is 2.19. The monoisotopic (exact) mass is 268 g/mol. The van der Waals surface area contributed by atoms with Crippen molar-refractivity contribution in [3.8, 4) is 11.6 Å². The van der Waals surface area contributed by atoms with Crippen molar-refractivity contribution >= 4 is 5.65 Å². The maximum Gasteiger partial charge on any atom is 0.243 e. The van der Waals surface area contributed by atoms with Crippen LogP contribution in [0.15, 0.2) is 42.6 Å². The van der Waals surface area contributed by atoms with E-state index in [1.807, 2.05) is 60.8 Å². The number of benzene rings is 1. The van der Waals surface area contributed by atoms with E-state index in [2.05, 4.69) is 4.98 Å². The summed E-state index contributed by atoms with van der Waals surface area (Å²) in [5.41, 5.74) is 3.66. The molecule has 0 unspecified atom stereocenters. The van der Waals surface area contributed by atoms with Crippen molar-refractivity contribution in [3.05, 3.63) is 59.4 Å². The Balaban J connectivity index is 2.08. The second kappa shape index (κ2) is 4.98. The molecule has 2 aromatic heterocycles. The summed E-state index contributed by atoms with van der Waals surface area (Å²) in [6.07, 6.45) is 1.86. The number of aryl methyl sites for hydroxylation is 1. The summed E-state index contributed by atoms with van der Waals surface area (Å²) in [5, 5.41) is 9.57. The van der Waals surface area contributed by atoms with Crippen LogP contribution in [0.3, 0.4) is 0 Å². The molecule has 0 spiro atoms. The van der Waals surface area contributed by atoms with Crippen LogP contribution in [0.5, 0.6) is 11.6 Å². The quantitative estimate of drug-likeness (QED) is 0.793. The van der Waals surface area contributed by atoms with Crippen LogP contribution < -0.4 is 4.74 Å². The molecule has 4 nitrogen and oxygen atoms in total. The second-order valence-corrected chi connectivity index (χ2v) is 4.75. The third kappa shape index (κ3) is 2.04. The first kappa shape index (κ1) is 12.7. The van der Waals surface area contributed by atoms with E-state index in [9.17, 15) is 5.11 Å². The van der Waals surface area contributed by atoms with Crippen molar-refractivity contribution in [1.82, 2.24) is 9.38 Å². The smallest absolute Gasteiger partial charge is 0.243 e. The number of nitrogens with zero attached hydrogens (tertiary/aromatic N) is 2. The number of ether oxygens (including phenoxy) is 1. The molecule has 0 saturated carbocycles. The van der Waals surface area contributed by atoms with E-state index in [-0.39, 0.29) is 6.61 Å². The fourth-order valence-corrected chi connectivity index (χ4v) is 2.19. The number of aliphatic hydroxyl groups excluding tert-OH is 1. The van der Waals surface area contributed by atoms with E-state index >= 15 is 0 Å². The maximum atomic E-state index is 9.57. The molecule has 1 aromatic carbocycles. The first-order chi connectivity index (χ1) is 9.70. The molecule has 3 rings (SSSR count). The van der Waals surface area contributed by atoms with Gasteiger partial charge in [-0.3, -0.25) is 4.40 Å². The van der Waals surface area contributed by atoms with Gasteiger partial charge in [-0.1, -0.05) is 18.2 Å². The van der Waals surface area contributed by atoms with Gasteiger partial charge in [-0.15, -0.1) is 0 Å². The van der Waals surface area contributed by atoms with Crippen molar-refractivity contribution in [1.29, 1.82) is 0 Å². The molecule has 0 radical (unpaired) electrons. The Bertz CT molecular complexity index is 762. The largest absolute Gasteiger partial charge is 0.437 e. The SMILES string of the molecule is Cc1cccc(Oc2nc3ccccn3c2CO)c1C. The first-order valence-corrected chi connectivity index (χ1v) is 6.51. The van der Waals surface area contributed by atoms with E-state index in [1.165, 1.54) is 0 Å². The van der Waals surface area contributed by atoms with E-state index in [1.54, 1.807) is 0 Å². The van der Waals surface area contributed by atoms with Gasteiger partial charge in [-0.25, -0.2) is 0 Å². The Morgan fingerprint density at radius 1 is 1.15 bits per heavy atom. The van der Waals surface area contributed by atoms with E-state index in [0.29, 0.717) is 11.6 Å². The van der Waals surface area contributed by atoms with Gasteiger partial charge in [0, 0.05) is 6.20 Å². The lowest BCUT2D eigenvalue weighted by molar-refractivity contribution is 0.269. The minimum absolute atomic E-state index is 0.120. The highest BCUT2D eigenvalue weighted by Gasteiger charge is 2.14. The van der Waals surface area contributed by atoms with Gasteiger partial charge in [0.2, 0.25) is 5.88 Å². The van der Waals surface area contributed by atoms with Crippen molar-refractivity contribution in [2.75, 3.05) is 0 Å². The number of hydrogen-bond acceptors (Lipinski definition) is 3. The Hall–Kier alpha value is -2.33. The summed E-state index contributed by atoms with van der Waals surface area (Å²) in [4.78, 5) is 4.43. The van der Waals surface area contributed by atoms with Gasteiger partial charge < -0.3 is 9.84 Å². The van der Waals surface area contributed by atoms with Crippen molar-refractivity contribution < 1.29 is 9.84 Å². The van der Waals surface area contributed by atoms with Crippen LogP contribution in [0, 0.1) is 13.8 Å². The summed E-state index contributed by atoms with van der Waals surface area (Å²) >= 11 is 0. The van der Waals surface area contributed by atoms with Crippen molar-refractivity contribution in [3.63, 3.8) is 0 Å². The fraction of sp³-hybridized carbons (Fsp3) is 0.188. The Morgan fingerprint density at radius 3 is 2.80 bits per heavy atom. The van der Waals surface area contributed by atoms with Gasteiger partial charge >= 0.3 is 0 Å². The molecule has 0 aliphatic rings. The summed E-state index contributed by atoms with van der Waals surface area (Å²) in [7, 11) is 0. The summed E-state index contributed by atoms with van der Waals surface area (Å²) in [6.45, 7) is 3.93. The standard InChI is InChI=1S/C16H16N2O2/c1-11-6-5-7-14(12(11)2)20-16-13(10-19)18-9-4-3-8-15(18)17-16/h3-9,19H,10H2,1-2H3. The molecule has 0 bridgehead atoms. The summed E-state index contributed by atoms with van der Waals surface area (Å²) < 4.78 is 7.74. The van der Waals surface area contributed by atoms with Crippen LogP contribution in [0.2, 0.25) is 0 Å². The normalized spacial score (nSPS) is 10.9. The van der Waals surface area contributed by atoms with Crippen LogP contribution in [0.1, 0.15) is 16.8 Å². The van der Waals surface area contributed by atoms with Gasteiger partial charge in [0.1, 0.15) is 17.1 Å². The number of fused-ring (bicyclic) bond motifs is 1. The zero-order chi connectivity index (χ0) is 14.1. The van der Waals surface area contributed by atoms with Gasteiger partial charge in [0.15, 0.2) is 0 Å². The average Bonchev–Trinajstić information content (AvgIpc) is 2.81. The Morgan fingerprint density at radius 2 is 2.00 bits per heavy atom. The molecule has 0 aliphatic carbocycles. The number of hydrogen-bond donors (Lipinski definition) is 1. The third-order valence-electron chi connectivity index (χ3n) is 3.50. The number of imidazole rings is 1. The molecule has 3 aromatic rings. The summed E-state index contributed by atoms with van der Waals surface area (Å²) in [5.74, 6) is 1.22. The third-order valence-corrected chi connectivity index (χ3v) is 3.50.